The molecule has 1 aliphatic heterocycles. The zero-order valence-electron chi connectivity index (χ0n) is 10.5. The lowest BCUT2D eigenvalue weighted by atomic mass is 9.80. The molecule has 17 heavy (non-hydrogen) atoms. The molecule has 2 heterocycles. The Balaban J connectivity index is 1.82. The van der Waals surface area contributed by atoms with E-state index in [-0.39, 0.29) is 5.56 Å². The van der Waals surface area contributed by atoms with Crippen LogP contribution < -0.4 is 5.56 Å². The van der Waals surface area contributed by atoms with E-state index in [0.717, 1.165) is 36.1 Å². The van der Waals surface area contributed by atoms with Crippen LogP contribution in [0.3, 0.4) is 0 Å². The number of aromatic amines is 1. The minimum atomic E-state index is 0.0517. The van der Waals surface area contributed by atoms with Gasteiger partial charge in [0, 0.05) is 19.1 Å². The Morgan fingerprint density at radius 3 is 2.82 bits per heavy atom. The van der Waals surface area contributed by atoms with Gasteiger partial charge in [-0.25, -0.2) is 4.98 Å². The normalized spacial score (nSPS) is 22.2. The zero-order valence-corrected chi connectivity index (χ0v) is 10.5. The zero-order chi connectivity index (χ0) is 12.0. The molecule has 1 saturated carbocycles. The first-order chi connectivity index (χ1) is 8.15. The Morgan fingerprint density at radius 2 is 2.18 bits per heavy atom. The van der Waals surface area contributed by atoms with Crippen molar-refractivity contribution in [1.29, 1.82) is 0 Å². The predicted molar refractivity (Wildman–Crippen MR) is 65.6 cm³/mol. The summed E-state index contributed by atoms with van der Waals surface area (Å²) < 4.78 is 0. The van der Waals surface area contributed by atoms with Crippen molar-refractivity contribution in [2.45, 2.75) is 52.2 Å². The van der Waals surface area contributed by atoms with Gasteiger partial charge in [0.2, 0.25) is 0 Å². The van der Waals surface area contributed by atoms with Gasteiger partial charge in [-0.2, -0.15) is 0 Å². The molecule has 92 valence electrons. The predicted octanol–water partition coefficient (Wildman–Crippen LogP) is 1.58. The first-order valence-electron chi connectivity index (χ1n) is 6.48. The molecule has 0 saturated heterocycles. The maximum atomic E-state index is 11.8. The third-order valence-electron chi connectivity index (χ3n) is 4.34. The number of fused-ring (bicyclic) bond motifs is 1. The Morgan fingerprint density at radius 1 is 1.41 bits per heavy atom. The molecule has 1 atom stereocenters. The average molecular weight is 233 g/mol. The molecule has 1 aromatic rings. The van der Waals surface area contributed by atoms with E-state index in [2.05, 4.69) is 21.8 Å². The van der Waals surface area contributed by atoms with Crippen molar-refractivity contribution in [1.82, 2.24) is 14.9 Å². The second-order valence-corrected chi connectivity index (χ2v) is 5.41. The summed E-state index contributed by atoms with van der Waals surface area (Å²) >= 11 is 0. The lowest BCUT2D eigenvalue weighted by Gasteiger charge is -2.36. The van der Waals surface area contributed by atoms with Crippen LogP contribution in [0.4, 0.5) is 0 Å². The molecule has 1 unspecified atom stereocenters. The Kier molecular flexibility index (Phi) is 2.54. The van der Waals surface area contributed by atoms with E-state index in [9.17, 15) is 4.79 Å². The summed E-state index contributed by atoms with van der Waals surface area (Å²) in [6.45, 7) is 5.75. The van der Waals surface area contributed by atoms with Crippen molar-refractivity contribution in [3.63, 3.8) is 0 Å². The van der Waals surface area contributed by atoms with Crippen LogP contribution >= 0.6 is 0 Å². The number of aryl methyl sites for hydroxylation is 1. The molecule has 0 aromatic carbocycles. The molecule has 0 radical (unpaired) electrons. The summed E-state index contributed by atoms with van der Waals surface area (Å²) in [7, 11) is 0. The van der Waals surface area contributed by atoms with E-state index in [4.69, 9.17) is 0 Å². The first-order valence-corrected chi connectivity index (χ1v) is 6.48. The van der Waals surface area contributed by atoms with Gasteiger partial charge in [-0.05, 0) is 32.6 Å². The maximum absolute atomic E-state index is 11.8. The van der Waals surface area contributed by atoms with Crippen LogP contribution in [-0.2, 0) is 13.1 Å². The van der Waals surface area contributed by atoms with Crippen molar-refractivity contribution in [3.05, 3.63) is 27.4 Å². The van der Waals surface area contributed by atoms with E-state index >= 15 is 0 Å². The van der Waals surface area contributed by atoms with Crippen molar-refractivity contribution in [3.8, 4) is 0 Å². The lowest BCUT2D eigenvalue weighted by Crippen LogP contribution is -2.38. The molecule has 2 aliphatic rings. The highest BCUT2D eigenvalue weighted by Crippen LogP contribution is 2.34. The van der Waals surface area contributed by atoms with Crippen LogP contribution in [-0.4, -0.2) is 20.9 Å². The van der Waals surface area contributed by atoms with Crippen LogP contribution in [0.15, 0.2) is 4.79 Å². The maximum Gasteiger partial charge on any atom is 0.255 e. The SMILES string of the molecule is Cc1nc2c(c(=O)[nH]1)CN(C(C)C1CCC1)C2. The van der Waals surface area contributed by atoms with E-state index in [1.807, 2.05) is 6.92 Å². The van der Waals surface area contributed by atoms with Gasteiger partial charge in [-0.3, -0.25) is 9.69 Å². The average Bonchev–Trinajstić information content (AvgIpc) is 2.58. The largest absolute Gasteiger partial charge is 0.310 e. The Bertz CT molecular complexity index is 490. The van der Waals surface area contributed by atoms with Gasteiger partial charge in [0.05, 0.1) is 11.3 Å². The van der Waals surface area contributed by atoms with Gasteiger partial charge in [0.15, 0.2) is 0 Å². The third-order valence-corrected chi connectivity index (χ3v) is 4.34. The fraction of sp³-hybridized carbons (Fsp3) is 0.692. The standard InChI is InChI=1S/C13H19N3O/c1-8(10-4-3-5-10)16-6-11-12(7-16)14-9(2)15-13(11)17/h8,10H,3-7H2,1-2H3,(H,14,15,17). The molecule has 1 N–H and O–H groups in total. The van der Waals surface area contributed by atoms with Gasteiger partial charge in [0.25, 0.3) is 5.56 Å². The lowest BCUT2D eigenvalue weighted by molar-refractivity contribution is 0.106. The molecule has 0 amide bonds. The first kappa shape index (κ1) is 11.0. The second kappa shape index (κ2) is 3.95. The molecule has 1 aromatic heterocycles. The molecular weight excluding hydrogens is 214 g/mol. The minimum Gasteiger partial charge on any atom is -0.310 e. The van der Waals surface area contributed by atoms with Crippen molar-refractivity contribution in [2.24, 2.45) is 5.92 Å². The molecule has 1 aliphatic carbocycles. The van der Waals surface area contributed by atoms with E-state index in [1.54, 1.807) is 0 Å². The second-order valence-electron chi connectivity index (χ2n) is 5.41. The summed E-state index contributed by atoms with van der Waals surface area (Å²) in [6.07, 6.45) is 4.06. The van der Waals surface area contributed by atoms with Crippen LogP contribution in [0.25, 0.3) is 0 Å². The van der Waals surface area contributed by atoms with Crippen molar-refractivity contribution in [2.75, 3.05) is 0 Å². The molecule has 3 rings (SSSR count). The Hall–Kier alpha value is -1.16. The number of hydrogen-bond donors (Lipinski definition) is 1. The topological polar surface area (TPSA) is 49.0 Å². The monoisotopic (exact) mass is 233 g/mol. The molecule has 4 heteroatoms. The van der Waals surface area contributed by atoms with Crippen LogP contribution in [0.5, 0.6) is 0 Å². The van der Waals surface area contributed by atoms with E-state index in [1.165, 1.54) is 19.3 Å². The molecule has 0 spiro atoms. The molecule has 1 fully saturated rings. The van der Waals surface area contributed by atoms with Gasteiger partial charge in [-0.1, -0.05) is 6.42 Å². The highest BCUT2D eigenvalue weighted by Gasteiger charge is 2.33. The van der Waals surface area contributed by atoms with E-state index < -0.39 is 0 Å². The van der Waals surface area contributed by atoms with Crippen LogP contribution in [0.2, 0.25) is 0 Å². The summed E-state index contributed by atoms with van der Waals surface area (Å²) in [5, 5.41) is 0. The fourth-order valence-electron chi connectivity index (χ4n) is 2.92. The number of H-pyrrole nitrogens is 1. The summed E-state index contributed by atoms with van der Waals surface area (Å²) in [5.41, 5.74) is 1.91. The summed E-state index contributed by atoms with van der Waals surface area (Å²) in [4.78, 5) is 21.5. The van der Waals surface area contributed by atoms with Gasteiger partial charge < -0.3 is 4.98 Å². The number of nitrogens with one attached hydrogen (secondary N) is 1. The summed E-state index contributed by atoms with van der Waals surface area (Å²) in [6, 6.07) is 0.581. The van der Waals surface area contributed by atoms with Crippen molar-refractivity contribution < 1.29 is 0 Å². The minimum absolute atomic E-state index is 0.0517. The smallest absolute Gasteiger partial charge is 0.255 e. The highest BCUT2D eigenvalue weighted by atomic mass is 16.1. The van der Waals surface area contributed by atoms with Crippen LogP contribution in [0.1, 0.15) is 43.3 Å². The van der Waals surface area contributed by atoms with Gasteiger partial charge >= 0.3 is 0 Å². The van der Waals surface area contributed by atoms with Gasteiger partial charge in [0.1, 0.15) is 5.82 Å². The number of nitrogens with zero attached hydrogens (tertiary/aromatic N) is 2. The summed E-state index contributed by atoms with van der Waals surface area (Å²) in [5.74, 6) is 1.55. The molecular formula is C13H19N3O. The molecule has 4 nitrogen and oxygen atoms in total. The number of aromatic nitrogens is 2. The van der Waals surface area contributed by atoms with Crippen LogP contribution in [0, 0.1) is 12.8 Å². The van der Waals surface area contributed by atoms with Gasteiger partial charge in [-0.15, -0.1) is 0 Å². The Labute approximate surface area is 101 Å². The molecule has 0 bridgehead atoms. The van der Waals surface area contributed by atoms with Crippen molar-refractivity contribution >= 4 is 0 Å². The highest BCUT2D eigenvalue weighted by molar-refractivity contribution is 5.22. The number of hydrogen-bond acceptors (Lipinski definition) is 3. The third kappa shape index (κ3) is 1.80. The number of rotatable bonds is 2. The quantitative estimate of drug-likeness (QED) is 0.843. The van der Waals surface area contributed by atoms with E-state index in [0.29, 0.717) is 6.04 Å². The fourth-order valence-corrected chi connectivity index (χ4v) is 2.92.